The molecule has 1 atom stereocenters. The summed E-state index contributed by atoms with van der Waals surface area (Å²) < 4.78 is 2.03. The van der Waals surface area contributed by atoms with Gasteiger partial charge in [0.05, 0.1) is 12.2 Å². The SMILES string of the molecule is CC(=O)Nc1ccc(CN2CCc3c([nH]c4ccccc34)C2c2cnn(C(C)C)c2)cc1. The number of carbonyl (C=O) groups excluding carboxylic acids is 1. The average Bonchev–Trinajstić information content (AvgIpc) is 3.40. The van der Waals surface area contributed by atoms with Crippen LogP contribution in [0.4, 0.5) is 5.69 Å². The summed E-state index contributed by atoms with van der Waals surface area (Å²) in [5.74, 6) is -0.0534. The van der Waals surface area contributed by atoms with Crippen molar-refractivity contribution in [1.29, 1.82) is 0 Å². The molecule has 32 heavy (non-hydrogen) atoms. The Bertz CT molecular complexity index is 1250. The maximum absolute atomic E-state index is 11.3. The summed E-state index contributed by atoms with van der Waals surface area (Å²) in [5, 5.41) is 8.80. The van der Waals surface area contributed by atoms with Crippen LogP contribution in [0.5, 0.6) is 0 Å². The largest absolute Gasteiger partial charge is 0.357 e. The topological polar surface area (TPSA) is 66.0 Å². The third-order valence-electron chi connectivity index (χ3n) is 6.26. The Kier molecular flexibility index (Phi) is 5.31. The van der Waals surface area contributed by atoms with Crippen molar-refractivity contribution in [1.82, 2.24) is 19.7 Å². The smallest absolute Gasteiger partial charge is 0.221 e. The van der Waals surface area contributed by atoms with Gasteiger partial charge >= 0.3 is 0 Å². The molecule has 0 bridgehead atoms. The molecule has 5 rings (SSSR count). The van der Waals surface area contributed by atoms with Crippen molar-refractivity contribution in [2.24, 2.45) is 0 Å². The van der Waals surface area contributed by atoms with Crippen LogP contribution >= 0.6 is 0 Å². The zero-order valence-corrected chi connectivity index (χ0v) is 18.8. The monoisotopic (exact) mass is 427 g/mol. The Morgan fingerprint density at radius 2 is 1.97 bits per heavy atom. The Morgan fingerprint density at radius 1 is 1.19 bits per heavy atom. The van der Waals surface area contributed by atoms with E-state index >= 15 is 0 Å². The molecule has 0 saturated carbocycles. The van der Waals surface area contributed by atoms with Gasteiger partial charge in [0, 0.05) is 60.1 Å². The van der Waals surface area contributed by atoms with Crippen LogP contribution in [0.2, 0.25) is 0 Å². The van der Waals surface area contributed by atoms with Crippen molar-refractivity contribution in [3.8, 4) is 0 Å². The standard InChI is InChI=1S/C26H29N5O/c1-17(2)31-16-20(14-27-31)26-25-23(22-6-4-5-7-24(22)29-25)12-13-30(26)15-19-8-10-21(11-9-19)28-18(3)32/h4-11,14,16-17,26,29H,12-13,15H2,1-3H3,(H,28,32). The lowest BCUT2D eigenvalue weighted by atomic mass is 9.93. The van der Waals surface area contributed by atoms with Crippen LogP contribution in [-0.4, -0.2) is 32.1 Å². The van der Waals surface area contributed by atoms with Gasteiger partial charge in [-0.2, -0.15) is 5.10 Å². The Balaban J connectivity index is 1.51. The van der Waals surface area contributed by atoms with E-state index in [0.717, 1.165) is 25.2 Å². The normalized spacial score (nSPS) is 16.4. The predicted octanol–water partition coefficient (Wildman–Crippen LogP) is 5.05. The van der Waals surface area contributed by atoms with Gasteiger partial charge < -0.3 is 10.3 Å². The van der Waals surface area contributed by atoms with Gasteiger partial charge in [0.15, 0.2) is 0 Å². The molecule has 4 aromatic rings. The van der Waals surface area contributed by atoms with Crippen LogP contribution in [0.1, 0.15) is 55.2 Å². The van der Waals surface area contributed by atoms with Crippen molar-refractivity contribution < 1.29 is 4.79 Å². The molecule has 2 aromatic carbocycles. The van der Waals surface area contributed by atoms with Crippen molar-refractivity contribution in [2.45, 2.75) is 45.8 Å². The minimum Gasteiger partial charge on any atom is -0.357 e. The van der Waals surface area contributed by atoms with Gasteiger partial charge in [-0.1, -0.05) is 30.3 Å². The Labute approximate surface area is 188 Å². The van der Waals surface area contributed by atoms with Crippen molar-refractivity contribution in [3.63, 3.8) is 0 Å². The number of nitrogens with zero attached hydrogens (tertiary/aromatic N) is 3. The molecule has 0 radical (unpaired) electrons. The highest BCUT2D eigenvalue weighted by Crippen LogP contribution is 2.39. The van der Waals surface area contributed by atoms with E-state index in [9.17, 15) is 4.79 Å². The number of H-pyrrole nitrogens is 1. The number of aromatic nitrogens is 3. The number of carbonyl (C=O) groups is 1. The highest BCUT2D eigenvalue weighted by atomic mass is 16.1. The van der Waals surface area contributed by atoms with Gasteiger partial charge in [-0.15, -0.1) is 0 Å². The number of hydrogen-bond acceptors (Lipinski definition) is 3. The van der Waals surface area contributed by atoms with E-state index in [0.29, 0.717) is 6.04 Å². The molecule has 3 heterocycles. The minimum atomic E-state index is -0.0534. The lowest BCUT2D eigenvalue weighted by molar-refractivity contribution is -0.114. The van der Waals surface area contributed by atoms with Gasteiger partial charge in [-0.25, -0.2) is 0 Å². The van der Waals surface area contributed by atoms with Crippen LogP contribution in [0.25, 0.3) is 10.9 Å². The van der Waals surface area contributed by atoms with Gasteiger partial charge in [0.25, 0.3) is 0 Å². The van der Waals surface area contributed by atoms with E-state index in [4.69, 9.17) is 0 Å². The summed E-state index contributed by atoms with van der Waals surface area (Å²) in [5.41, 5.74) is 7.14. The van der Waals surface area contributed by atoms with Crippen LogP contribution in [0.15, 0.2) is 60.9 Å². The molecule has 1 unspecified atom stereocenters. The first-order valence-corrected chi connectivity index (χ1v) is 11.2. The predicted molar refractivity (Wildman–Crippen MR) is 128 cm³/mol. The summed E-state index contributed by atoms with van der Waals surface area (Å²) >= 11 is 0. The van der Waals surface area contributed by atoms with Crippen LogP contribution in [0, 0.1) is 0 Å². The number of benzene rings is 2. The fourth-order valence-corrected chi connectivity index (χ4v) is 4.75. The Morgan fingerprint density at radius 3 is 2.69 bits per heavy atom. The summed E-state index contributed by atoms with van der Waals surface area (Å²) in [6, 6.07) is 17.2. The fraction of sp³-hybridized carbons (Fsp3) is 0.308. The lowest BCUT2D eigenvalue weighted by Crippen LogP contribution is -2.35. The van der Waals surface area contributed by atoms with E-state index in [1.54, 1.807) is 0 Å². The molecule has 164 valence electrons. The zero-order valence-electron chi connectivity index (χ0n) is 18.8. The quantitative estimate of drug-likeness (QED) is 0.468. The first kappa shape index (κ1) is 20.5. The molecule has 0 saturated heterocycles. The van der Waals surface area contributed by atoms with Crippen LogP contribution < -0.4 is 5.32 Å². The van der Waals surface area contributed by atoms with Crippen molar-refractivity contribution in [3.05, 3.63) is 83.3 Å². The number of amides is 1. The molecule has 2 aromatic heterocycles. The first-order valence-electron chi connectivity index (χ1n) is 11.2. The summed E-state index contributed by atoms with van der Waals surface area (Å²) in [6.45, 7) is 7.63. The second-order valence-corrected chi connectivity index (χ2v) is 8.91. The molecular weight excluding hydrogens is 398 g/mol. The number of fused-ring (bicyclic) bond motifs is 3. The van der Waals surface area contributed by atoms with Crippen molar-refractivity contribution >= 4 is 22.5 Å². The van der Waals surface area contributed by atoms with Gasteiger partial charge in [-0.3, -0.25) is 14.4 Å². The molecule has 6 nitrogen and oxygen atoms in total. The second-order valence-electron chi connectivity index (χ2n) is 8.91. The summed E-state index contributed by atoms with van der Waals surface area (Å²) in [4.78, 5) is 17.6. The van der Waals surface area contributed by atoms with E-state index in [2.05, 4.69) is 76.7 Å². The third-order valence-corrected chi connectivity index (χ3v) is 6.26. The highest BCUT2D eigenvalue weighted by Gasteiger charge is 2.32. The number of hydrogen-bond donors (Lipinski definition) is 2. The van der Waals surface area contributed by atoms with Gasteiger partial charge in [0.1, 0.15) is 0 Å². The Hall–Kier alpha value is -3.38. The van der Waals surface area contributed by atoms with Gasteiger partial charge in [0.2, 0.25) is 5.91 Å². The number of nitrogens with one attached hydrogen (secondary N) is 2. The van der Waals surface area contributed by atoms with E-state index in [-0.39, 0.29) is 11.9 Å². The van der Waals surface area contributed by atoms with E-state index in [1.807, 2.05) is 23.0 Å². The van der Waals surface area contributed by atoms with Gasteiger partial charge in [-0.05, 0) is 49.6 Å². The van der Waals surface area contributed by atoms with E-state index < -0.39 is 0 Å². The number of anilines is 1. The molecular formula is C26H29N5O. The highest BCUT2D eigenvalue weighted by molar-refractivity contribution is 5.88. The number of rotatable bonds is 5. The molecule has 1 amide bonds. The molecule has 1 aliphatic rings. The third kappa shape index (κ3) is 3.82. The minimum absolute atomic E-state index is 0.0534. The molecule has 0 fully saturated rings. The summed E-state index contributed by atoms with van der Waals surface area (Å²) in [7, 11) is 0. The maximum Gasteiger partial charge on any atom is 0.221 e. The molecule has 0 spiro atoms. The van der Waals surface area contributed by atoms with Crippen LogP contribution in [-0.2, 0) is 17.8 Å². The summed E-state index contributed by atoms with van der Waals surface area (Å²) in [6.07, 6.45) is 5.21. The number of aromatic amines is 1. The number of para-hydroxylation sites is 1. The van der Waals surface area contributed by atoms with E-state index in [1.165, 1.54) is 40.2 Å². The van der Waals surface area contributed by atoms with Crippen LogP contribution in [0.3, 0.4) is 0 Å². The molecule has 0 aliphatic carbocycles. The average molecular weight is 428 g/mol. The lowest BCUT2D eigenvalue weighted by Gasteiger charge is -2.35. The fourth-order valence-electron chi connectivity index (χ4n) is 4.75. The van der Waals surface area contributed by atoms with Crippen molar-refractivity contribution in [2.75, 3.05) is 11.9 Å². The molecule has 2 N–H and O–H groups in total. The molecule has 1 aliphatic heterocycles. The zero-order chi connectivity index (χ0) is 22.2. The molecule has 6 heteroatoms. The second kappa shape index (κ2) is 8.28. The maximum atomic E-state index is 11.3. The first-order chi connectivity index (χ1) is 15.5.